The van der Waals surface area contributed by atoms with Gasteiger partial charge in [-0.3, -0.25) is 20.0 Å². The number of rotatable bonds is 4. The molecule has 2 rings (SSSR count). The zero-order valence-corrected chi connectivity index (χ0v) is 13.2. The summed E-state index contributed by atoms with van der Waals surface area (Å²) >= 11 is 3.25. The van der Waals surface area contributed by atoms with Crippen LogP contribution in [0.2, 0.25) is 0 Å². The lowest BCUT2D eigenvalue weighted by Gasteiger charge is -2.07. The van der Waals surface area contributed by atoms with Gasteiger partial charge in [-0.2, -0.15) is 10.2 Å². The van der Waals surface area contributed by atoms with E-state index in [0.717, 1.165) is 18.5 Å². The molecule has 0 bridgehead atoms. The summed E-state index contributed by atoms with van der Waals surface area (Å²) in [4.78, 5) is 11.9. The minimum Gasteiger partial charge on any atom is -0.292 e. The fourth-order valence-corrected chi connectivity index (χ4v) is 2.29. The van der Waals surface area contributed by atoms with E-state index in [-0.39, 0.29) is 6.03 Å². The molecule has 2 aromatic heterocycles. The highest BCUT2D eigenvalue weighted by Crippen LogP contribution is 2.15. The fourth-order valence-electron chi connectivity index (χ4n) is 1.84. The third-order valence-corrected chi connectivity index (χ3v) is 3.16. The maximum atomic E-state index is 11.9. The summed E-state index contributed by atoms with van der Waals surface area (Å²) in [5.41, 5.74) is 0.966. The number of halogens is 1. The highest BCUT2D eigenvalue weighted by molar-refractivity contribution is 9.10. The standard InChI is InChI=1S/C12H17BrN6O/c1-4-5-8-6-10(18(2)16-8)14-12(20)15-11-7-9(13)17-19(11)3/h6-7H,4-5H2,1-3H3,(H2,14,15,20). The van der Waals surface area contributed by atoms with Gasteiger partial charge >= 0.3 is 6.03 Å². The zero-order valence-electron chi connectivity index (χ0n) is 11.6. The van der Waals surface area contributed by atoms with Crippen LogP contribution >= 0.6 is 15.9 Å². The first-order valence-electron chi connectivity index (χ1n) is 6.30. The summed E-state index contributed by atoms with van der Waals surface area (Å²) < 4.78 is 3.90. The largest absolute Gasteiger partial charge is 0.326 e. The number of anilines is 2. The van der Waals surface area contributed by atoms with Crippen LogP contribution in [0.3, 0.4) is 0 Å². The van der Waals surface area contributed by atoms with Crippen molar-refractivity contribution in [3.63, 3.8) is 0 Å². The molecular formula is C12H17BrN6O. The number of carbonyl (C=O) groups is 1. The maximum Gasteiger partial charge on any atom is 0.326 e. The van der Waals surface area contributed by atoms with Gasteiger partial charge in [0.15, 0.2) is 0 Å². The van der Waals surface area contributed by atoms with Crippen LogP contribution in [0.4, 0.5) is 16.4 Å². The molecule has 0 aliphatic rings. The number of nitrogens with zero attached hydrogens (tertiary/aromatic N) is 4. The molecule has 0 fully saturated rings. The fraction of sp³-hybridized carbons (Fsp3) is 0.417. The Kier molecular flexibility index (Phi) is 4.43. The minimum atomic E-state index is -0.327. The minimum absolute atomic E-state index is 0.327. The molecule has 0 aliphatic carbocycles. The number of hydrogen-bond acceptors (Lipinski definition) is 3. The molecule has 0 spiro atoms. The monoisotopic (exact) mass is 340 g/mol. The van der Waals surface area contributed by atoms with E-state index in [0.29, 0.717) is 16.2 Å². The molecule has 0 saturated heterocycles. The molecule has 2 aromatic rings. The predicted octanol–water partition coefficient (Wildman–Crippen LogP) is 2.51. The van der Waals surface area contributed by atoms with Crippen LogP contribution < -0.4 is 10.6 Å². The van der Waals surface area contributed by atoms with Gasteiger partial charge in [0.05, 0.1) is 5.69 Å². The van der Waals surface area contributed by atoms with Crippen LogP contribution in [0.25, 0.3) is 0 Å². The molecule has 0 unspecified atom stereocenters. The summed E-state index contributed by atoms with van der Waals surface area (Å²) in [7, 11) is 3.55. The summed E-state index contributed by atoms with van der Waals surface area (Å²) in [5, 5.41) is 13.9. The third-order valence-electron chi connectivity index (χ3n) is 2.77. The van der Waals surface area contributed by atoms with Crippen molar-refractivity contribution in [1.29, 1.82) is 0 Å². The number of nitrogens with one attached hydrogen (secondary N) is 2. The highest BCUT2D eigenvalue weighted by atomic mass is 79.9. The van der Waals surface area contributed by atoms with E-state index in [1.54, 1.807) is 29.5 Å². The zero-order chi connectivity index (χ0) is 14.7. The van der Waals surface area contributed by atoms with Crippen LogP contribution in [0.15, 0.2) is 16.7 Å². The third kappa shape index (κ3) is 3.38. The number of amides is 2. The first kappa shape index (κ1) is 14.6. The van der Waals surface area contributed by atoms with Crippen molar-refractivity contribution in [3.05, 3.63) is 22.4 Å². The average Bonchev–Trinajstić information content (AvgIpc) is 2.83. The molecule has 0 aliphatic heterocycles. The van der Waals surface area contributed by atoms with Crippen molar-refractivity contribution in [2.24, 2.45) is 14.1 Å². The predicted molar refractivity (Wildman–Crippen MR) is 80.8 cm³/mol. The van der Waals surface area contributed by atoms with Crippen molar-refractivity contribution in [2.45, 2.75) is 19.8 Å². The SMILES string of the molecule is CCCc1cc(NC(=O)Nc2cc(Br)nn2C)n(C)n1. The van der Waals surface area contributed by atoms with E-state index < -0.39 is 0 Å². The summed E-state index contributed by atoms with van der Waals surface area (Å²) in [6, 6.07) is 3.28. The van der Waals surface area contributed by atoms with Crippen LogP contribution in [0.1, 0.15) is 19.0 Å². The molecule has 0 atom stereocenters. The van der Waals surface area contributed by atoms with Crippen molar-refractivity contribution in [3.8, 4) is 0 Å². The second kappa shape index (κ2) is 6.08. The molecule has 0 saturated carbocycles. The van der Waals surface area contributed by atoms with E-state index in [4.69, 9.17) is 0 Å². The van der Waals surface area contributed by atoms with E-state index in [9.17, 15) is 4.79 Å². The van der Waals surface area contributed by atoms with Crippen molar-refractivity contribution < 1.29 is 4.79 Å². The Labute approximate surface area is 125 Å². The average molecular weight is 341 g/mol. The molecule has 7 nitrogen and oxygen atoms in total. The van der Waals surface area contributed by atoms with E-state index in [1.165, 1.54) is 0 Å². The molecular weight excluding hydrogens is 324 g/mol. The van der Waals surface area contributed by atoms with Gasteiger partial charge in [0.1, 0.15) is 16.2 Å². The van der Waals surface area contributed by atoms with E-state index in [1.807, 2.05) is 6.07 Å². The molecule has 2 amide bonds. The van der Waals surface area contributed by atoms with E-state index in [2.05, 4.69) is 43.7 Å². The lowest BCUT2D eigenvalue weighted by atomic mass is 10.2. The van der Waals surface area contributed by atoms with Crippen LogP contribution in [0.5, 0.6) is 0 Å². The van der Waals surface area contributed by atoms with E-state index >= 15 is 0 Å². The van der Waals surface area contributed by atoms with Crippen molar-refractivity contribution >= 4 is 33.6 Å². The quantitative estimate of drug-likeness (QED) is 0.897. The Morgan fingerprint density at radius 3 is 2.35 bits per heavy atom. The first-order valence-corrected chi connectivity index (χ1v) is 7.09. The van der Waals surface area contributed by atoms with Gasteiger partial charge < -0.3 is 0 Å². The summed E-state index contributed by atoms with van der Waals surface area (Å²) in [5.74, 6) is 1.26. The maximum absolute atomic E-state index is 11.9. The van der Waals surface area contributed by atoms with Gasteiger partial charge in [-0.25, -0.2) is 4.79 Å². The van der Waals surface area contributed by atoms with Gasteiger partial charge in [0, 0.05) is 26.2 Å². The Morgan fingerprint density at radius 2 is 1.80 bits per heavy atom. The highest BCUT2D eigenvalue weighted by Gasteiger charge is 2.10. The second-order valence-electron chi connectivity index (χ2n) is 4.45. The molecule has 0 aromatic carbocycles. The van der Waals surface area contributed by atoms with Crippen LogP contribution in [-0.4, -0.2) is 25.6 Å². The van der Waals surface area contributed by atoms with Gasteiger partial charge in [0.25, 0.3) is 0 Å². The molecule has 2 heterocycles. The van der Waals surface area contributed by atoms with Gasteiger partial charge in [0.2, 0.25) is 0 Å². The Morgan fingerprint density at radius 1 is 1.20 bits per heavy atom. The lowest BCUT2D eigenvalue weighted by Crippen LogP contribution is -2.22. The summed E-state index contributed by atoms with van der Waals surface area (Å²) in [6.07, 6.45) is 1.91. The number of urea groups is 1. The molecule has 108 valence electrons. The van der Waals surface area contributed by atoms with Crippen LogP contribution in [0, 0.1) is 0 Å². The molecule has 2 N–H and O–H groups in total. The smallest absolute Gasteiger partial charge is 0.292 e. The topological polar surface area (TPSA) is 76.8 Å². The van der Waals surface area contributed by atoms with Gasteiger partial charge in [-0.1, -0.05) is 13.3 Å². The van der Waals surface area contributed by atoms with Crippen molar-refractivity contribution in [1.82, 2.24) is 19.6 Å². The molecule has 20 heavy (non-hydrogen) atoms. The molecule has 0 radical (unpaired) electrons. The van der Waals surface area contributed by atoms with Crippen LogP contribution in [-0.2, 0) is 20.5 Å². The number of aryl methyl sites for hydroxylation is 3. The second-order valence-corrected chi connectivity index (χ2v) is 5.26. The van der Waals surface area contributed by atoms with Crippen molar-refractivity contribution in [2.75, 3.05) is 10.6 Å². The number of carbonyl (C=O) groups excluding carboxylic acids is 1. The Hall–Kier alpha value is -1.83. The number of hydrogen-bond donors (Lipinski definition) is 2. The summed E-state index contributed by atoms with van der Waals surface area (Å²) in [6.45, 7) is 2.09. The lowest BCUT2D eigenvalue weighted by molar-refractivity contribution is 0.262. The Bertz CT molecular complexity index is 617. The molecule has 8 heteroatoms. The number of aromatic nitrogens is 4. The first-order chi connectivity index (χ1) is 9.49. The Balaban J connectivity index is 2.02. The van der Waals surface area contributed by atoms with Gasteiger partial charge in [-0.05, 0) is 22.4 Å². The normalized spacial score (nSPS) is 10.6. The van der Waals surface area contributed by atoms with Gasteiger partial charge in [-0.15, -0.1) is 0 Å².